The number of hydrogen-bond donors (Lipinski definition) is 2. The van der Waals surface area contributed by atoms with E-state index in [9.17, 15) is 14.4 Å². The first-order valence-electron chi connectivity index (χ1n) is 6.97. The van der Waals surface area contributed by atoms with Gasteiger partial charge in [-0.15, -0.1) is 0 Å². The van der Waals surface area contributed by atoms with E-state index in [1.54, 1.807) is 18.7 Å². The smallest absolute Gasteiger partial charge is 0.243 e. The lowest BCUT2D eigenvalue weighted by Gasteiger charge is -2.22. The van der Waals surface area contributed by atoms with E-state index in [1.807, 2.05) is 20.1 Å². The lowest BCUT2D eigenvalue weighted by Crippen LogP contribution is -2.50. The maximum Gasteiger partial charge on any atom is 0.243 e. The van der Waals surface area contributed by atoms with Crippen molar-refractivity contribution in [3.8, 4) is 0 Å². The van der Waals surface area contributed by atoms with Crippen molar-refractivity contribution >= 4 is 29.9 Å². The summed E-state index contributed by atoms with van der Waals surface area (Å²) in [4.78, 5) is 34.6. The van der Waals surface area contributed by atoms with Crippen LogP contribution in [0.1, 0.15) is 40.0 Å². The summed E-state index contributed by atoms with van der Waals surface area (Å²) < 4.78 is 0. The van der Waals surface area contributed by atoms with E-state index in [1.165, 1.54) is 0 Å². The van der Waals surface area contributed by atoms with Crippen LogP contribution in [0, 0.1) is 5.92 Å². The zero-order chi connectivity index (χ0) is 15.5. The molecule has 0 radical (unpaired) electrons. The van der Waals surface area contributed by atoms with Crippen LogP contribution in [-0.4, -0.2) is 42.2 Å². The second-order valence-electron chi connectivity index (χ2n) is 5.13. The summed E-state index contributed by atoms with van der Waals surface area (Å²) in [5, 5.41) is 5.29. The molecule has 0 aliphatic heterocycles. The average molecular weight is 302 g/mol. The van der Waals surface area contributed by atoms with Crippen molar-refractivity contribution in [3.05, 3.63) is 0 Å². The molecule has 0 aliphatic rings. The number of rotatable bonds is 11. The molecule has 0 heterocycles. The van der Waals surface area contributed by atoms with Crippen molar-refractivity contribution in [2.75, 3.05) is 12.0 Å². The Morgan fingerprint density at radius 3 is 2.35 bits per heavy atom. The zero-order valence-corrected chi connectivity index (χ0v) is 13.6. The van der Waals surface area contributed by atoms with Crippen molar-refractivity contribution in [1.82, 2.24) is 10.6 Å². The van der Waals surface area contributed by atoms with E-state index in [0.29, 0.717) is 31.6 Å². The van der Waals surface area contributed by atoms with Crippen molar-refractivity contribution in [2.45, 2.75) is 52.1 Å². The van der Waals surface area contributed by atoms with Gasteiger partial charge in [0, 0.05) is 6.42 Å². The minimum atomic E-state index is -0.570. The molecule has 0 saturated heterocycles. The van der Waals surface area contributed by atoms with Crippen molar-refractivity contribution in [1.29, 1.82) is 0 Å². The number of ketones is 1. The Balaban J connectivity index is 4.67. The van der Waals surface area contributed by atoms with Crippen molar-refractivity contribution in [2.24, 2.45) is 5.92 Å². The molecule has 5 nitrogen and oxygen atoms in total. The first-order valence-corrected chi connectivity index (χ1v) is 8.37. The summed E-state index contributed by atoms with van der Waals surface area (Å²) in [5.74, 6) is 0.843. The second-order valence-corrected chi connectivity index (χ2v) is 6.11. The van der Waals surface area contributed by atoms with E-state index in [-0.39, 0.29) is 11.7 Å². The second kappa shape index (κ2) is 10.7. The first kappa shape index (κ1) is 19.0. The van der Waals surface area contributed by atoms with Gasteiger partial charge in [0.2, 0.25) is 12.3 Å². The molecule has 2 N–H and O–H groups in total. The molecule has 0 aromatic carbocycles. The van der Waals surface area contributed by atoms with E-state index in [4.69, 9.17) is 0 Å². The molecule has 2 atom stereocenters. The summed E-state index contributed by atoms with van der Waals surface area (Å²) >= 11 is 1.61. The molecule has 0 bridgehead atoms. The van der Waals surface area contributed by atoms with E-state index in [2.05, 4.69) is 10.6 Å². The number of thioether (sulfide) groups is 1. The topological polar surface area (TPSA) is 75.3 Å². The minimum Gasteiger partial charge on any atom is -0.347 e. The fraction of sp³-hybridized carbons (Fsp3) is 0.786. The third kappa shape index (κ3) is 7.53. The fourth-order valence-corrected chi connectivity index (χ4v) is 2.34. The Bertz CT molecular complexity index is 322. The van der Waals surface area contributed by atoms with Crippen LogP contribution in [-0.2, 0) is 14.4 Å². The lowest BCUT2D eigenvalue weighted by molar-refractivity contribution is -0.130. The summed E-state index contributed by atoms with van der Waals surface area (Å²) in [6, 6.07) is -1.03. The molecule has 0 fully saturated rings. The van der Waals surface area contributed by atoms with Crippen LogP contribution >= 0.6 is 11.8 Å². The van der Waals surface area contributed by atoms with Crippen LogP contribution in [0.4, 0.5) is 0 Å². The SMILES string of the molecule is CCC(=O)C(CC(C)C)NC(=O)C(CCSC)NC=O. The standard InChI is InChI=1S/C14H26N2O3S/c1-5-13(18)12(8-10(2)3)16-14(19)11(15-9-17)6-7-20-4/h9-12H,5-8H2,1-4H3,(H,15,17)(H,16,19). The van der Waals surface area contributed by atoms with Gasteiger partial charge >= 0.3 is 0 Å². The maximum absolute atomic E-state index is 12.2. The molecule has 0 aromatic rings. The number of Topliss-reactive ketones (excluding diaryl/α,β-unsaturated/α-hetero) is 1. The van der Waals surface area contributed by atoms with Crippen LogP contribution in [0.15, 0.2) is 0 Å². The molecule has 0 aromatic heterocycles. The summed E-state index contributed by atoms with van der Waals surface area (Å²) in [5.41, 5.74) is 0. The third-order valence-corrected chi connectivity index (χ3v) is 3.60. The van der Waals surface area contributed by atoms with Crippen molar-refractivity contribution in [3.63, 3.8) is 0 Å². The molecule has 0 aliphatic carbocycles. The Kier molecular flexibility index (Phi) is 10.2. The van der Waals surface area contributed by atoms with Gasteiger partial charge in [-0.25, -0.2) is 0 Å². The highest BCUT2D eigenvalue weighted by molar-refractivity contribution is 7.98. The number of amides is 2. The fourth-order valence-electron chi connectivity index (χ4n) is 1.87. The van der Waals surface area contributed by atoms with Crippen LogP contribution in [0.2, 0.25) is 0 Å². The predicted molar refractivity (Wildman–Crippen MR) is 82.7 cm³/mol. The molecule has 0 spiro atoms. The number of carbonyl (C=O) groups is 3. The van der Waals surface area contributed by atoms with Gasteiger partial charge in [-0.1, -0.05) is 20.8 Å². The summed E-state index contributed by atoms with van der Waals surface area (Å²) in [7, 11) is 0. The van der Waals surface area contributed by atoms with Gasteiger partial charge in [-0.3, -0.25) is 14.4 Å². The van der Waals surface area contributed by atoms with Crippen LogP contribution in [0.5, 0.6) is 0 Å². The summed E-state index contributed by atoms with van der Waals surface area (Å²) in [6.45, 7) is 5.81. The van der Waals surface area contributed by atoms with Crippen LogP contribution in [0.3, 0.4) is 0 Å². The highest BCUT2D eigenvalue weighted by Crippen LogP contribution is 2.08. The van der Waals surface area contributed by atoms with Gasteiger partial charge in [-0.2, -0.15) is 11.8 Å². The van der Waals surface area contributed by atoms with E-state index >= 15 is 0 Å². The van der Waals surface area contributed by atoms with Crippen LogP contribution in [0.25, 0.3) is 0 Å². The van der Waals surface area contributed by atoms with E-state index in [0.717, 1.165) is 5.75 Å². The predicted octanol–water partition coefficient (Wildman–Crippen LogP) is 1.36. The quantitative estimate of drug-likeness (QED) is 0.565. The van der Waals surface area contributed by atoms with Crippen molar-refractivity contribution < 1.29 is 14.4 Å². The number of carbonyl (C=O) groups excluding carboxylic acids is 3. The Morgan fingerprint density at radius 1 is 1.25 bits per heavy atom. The maximum atomic E-state index is 12.2. The monoisotopic (exact) mass is 302 g/mol. The molecule has 2 amide bonds. The largest absolute Gasteiger partial charge is 0.347 e. The molecule has 6 heteroatoms. The molecule has 116 valence electrons. The van der Waals surface area contributed by atoms with Crippen LogP contribution < -0.4 is 10.6 Å². The molecular weight excluding hydrogens is 276 g/mol. The van der Waals surface area contributed by atoms with E-state index < -0.39 is 12.1 Å². The lowest BCUT2D eigenvalue weighted by atomic mass is 9.98. The number of hydrogen-bond acceptors (Lipinski definition) is 4. The first-order chi connectivity index (χ1) is 9.46. The third-order valence-electron chi connectivity index (χ3n) is 2.96. The molecule has 0 rings (SSSR count). The van der Waals surface area contributed by atoms with Gasteiger partial charge in [0.25, 0.3) is 0 Å². The molecule has 20 heavy (non-hydrogen) atoms. The Hall–Kier alpha value is -1.04. The summed E-state index contributed by atoms with van der Waals surface area (Å²) in [6.07, 6.45) is 4.05. The Labute approximate surface area is 125 Å². The van der Waals surface area contributed by atoms with Gasteiger partial charge in [-0.05, 0) is 30.8 Å². The van der Waals surface area contributed by atoms with Gasteiger partial charge < -0.3 is 10.6 Å². The average Bonchev–Trinajstić information content (AvgIpc) is 2.41. The highest BCUT2D eigenvalue weighted by atomic mass is 32.2. The number of nitrogens with one attached hydrogen (secondary N) is 2. The van der Waals surface area contributed by atoms with Gasteiger partial charge in [0.1, 0.15) is 6.04 Å². The molecule has 2 unspecified atom stereocenters. The Morgan fingerprint density at radius 2 is 1.90 bits per heavy atom. The van der Waals surface area contributed by atoms with Gasteiger partial charge in [0.05, 0.1) is 6.04 Å². The zero-order valence-electron chi connectivity index (χ0n) is 12.8. The molecular formula is C14H26N2O3S. The molecule has 0 saturated carbocycles. The van der Waals surface area contributed by atoms with Gasteiger partial charge in [0.15, 0.2) is 5.78 Å². The normalized spacial score (nSPS) is 13.7. The minimum absolute atomic E-state index is 0.0294. The highest BCUT2D eigenvalue weighted by Gasteiger charge is 2.24.